The fourth-order valence-corrected chi connectivity index (χ4v) is 1.31. The van der Waals surface area contributed by atoms with Gasteiger partial charge in [-0.1, -0.05) is 11.6 Å². The number of ether oxygens (including phenoxy) is 1. The molecule has 4 heteroatoms. The molecule has 2 rings (SSSR count). The second-order valence-electron chi connectivity index (χ2n) is 3.06. The molecule has 3 nitrogen and oxygen atoms in total. The van der Waals surface area contributed by atoms with E-state index in [1.54, 1.807) is 18.5 Å². The van der Waals surface area contributed by atoms with Gasteiger partial charge in [-0.3, -0.25) is 4.98 Å². The minimum atomic E-state index is 0.483. The van der Waals surface area contributed by atoms with Gasteiger partial charge in [0.1, 0.15) is 6.61 Å². The molecular formula is C9H11ClN2O. The highest BCUT2D eigenvalue weighted by molar-refractivity contribution is 6.31. The van der Waals surface area contributed by atoms with Crippen LogP contribution in [-0.4, -0.2) is 24.2 Å². The average Bonchev–Trinajstić information content (AvgIpc) is 2.05. The lowest BCUT2D eigenvalue weighted by atomic mass is 10.1. The van der Waals surface area contributed by atoms with E-state index in [-0.39, 0.29) is 0 Å². The van der Waals surface area contributed by atoms with Gasteiger partial charge in [-0.15, -0.1) is 0 Å². The first kappa shape index (κ1) is 8.78. The Morgan fingerprint density at radius 2 is 2.54 bits per heavy atom. The van der Waals surface area contributed by atoms with Crippen molar-refractivity contribution in [2.24, 2.45) is 0 Å². The van der Waals surface area contributed by atoms with Gasteiger partial charge in [-0.25, -0.2) is 0 Å². The highest BCUT2D eigenvalue weighted by Crippen LogP contribution is 2.22. The predicted octanol–water partition coefficient (Wildman–Crippen LogP) is 1.48. The lowest BCUT2D eigenvalue weighted by molar-refractivity contribution is 0.217. The molecule has 0 radical (unpaired) electrons. The number of hydrogen-bond acceptors (Lipinski definition) is 3. The number of pyridine rings is 1. The summed E-state index contributed by atoms with van der Waals surface area (Å²) in [5.41, 5.74) is 0. The van der Waals surface area contributed by atoms with E-state index < -0.39 is 0 Å². The zero-order valence-corrected chi connectivity index (χ0v) is 7.92. The van der Waals surface area contributed by atoms with Gasteiger partial charge >= 0.3 is 0 Å². The Kier molecular flexibility index (Phi) is 2.66. The fourth-order valence-electron chi connectivity index (χ4n) is 1.15. The van der Waals surface area contributed by atoms with E-state index in [9.17, 15) is 0 Å². The van der Waals surface area contributed by atoms with Gasteiger partial charge in [-0.05, 0) is 19.0 Å². The summed E-state index contributed by atoms with van der Waals surface area (Å²) >= 11 is 5.88. The van der Waals surface area contributed by atoms with Crippen molar-refractivity contribution >= 4 is 11.6 Å². The standard InChI is InChI=1S/C9H11ClN2O/c10-8-2-3-11-5-9(8)13-6-7-1-4-12-7/h2-3,5,7,12H,1,4,6H2/t7-/m0/s1. The van der Waals surface area contributed by atoms with Crippen molar-refractivity contribution in [1.82, 2.24) is 10.3 Å². The van der Waals surface area contributed by atoms with Gasteiger partial charge in [0.2, 0.25) is 0 Å². The molecule has 1 atom stereocenters. The third kappa shape index (κ3) is 2.11. The zero-order valence-electron chi connectivity index (χ0n) is 7.16. The highest BCUT2D eigenvalue weighted by Gasteiger charge is 2.16. The van der Waals surface area contributed by atoms with Crippen LogP contribution in [0.15, 0.2) is 18.5 Å². The fraction of sp³-hybridized carbons (Fsp3) is 0.444. The minimum Gasteiger partial charge on any atom is -0.489 e. The molecule has 0 saturated carbocycles. The molecule has 0 spiro atoms. The van der Waals surface area contributed by atoms with Crippen LogP contribution in [0.3, 0.4) is 0 Å². The van der Waals surface area contributed by atoms with Crippen molar-refractivity contribution in [1.29, 1.82) is 0 Å². The number of nitrogens with one attached hydrogen (secondary N) is 1. The molecule has 1 aliphatic heterocycles. The van der Waals surface area contributed by atoms with Crippen LogP contribution in [0.2, 0.25) is 5.02 Å². The third-order valence-corrected chi connectivity index (χ3v) is 2.41. The van der Waals surface area contributed by atoms with Gasteiger partial charge in [0.05, 0.1) is 11.2 Å². The predicted molar refractivity (Wildman–Crippen MR) is 51.1 cm³/mol. The summed E-state index contributed by atoms with van der Waals surface area (Å²) in [5.74, 6) is 0.665. The van der Waals surface area contributed by atoms with Gasteiger partial charge < -0.3 is 10.1 Å². The summed E-state index contributed by atoms with van der Waals surface area (Å²) < 4.78 is 5.48. The second-order valence-corrected chi connectivity index (χ2v) is 3.46. The molecule has 1 saturated heterocycles. The summed E-state index contributed by atoms with van der Waals surface area (Å²) in [5, 5.41) is 3.87. The molecule has 1 aromatic heterocycles. The maximum Gasteiger partial charge on any atom is 0.156 e. The quantitative estimate of drug-likeness (QED) is 0.799. The van der Waals surface area contributed by atoms with E-state index in [2.05, 4.69) is 10.3 Å². The molecule has 70 valence electrons. The summed E-state index contributed by atoms with van der Waals surface area (Å²) in [6, 6.07) is 2.21. The Labute approximate surface area is 82.1 Å². The molecule has 13 heavy (non-hydrogen) atoms. The first-order valence-electron chi connectivity index (χ1n) is 4.32. The average molecular weight is 199 g/mol. The molecule has 0 aromatic carbocycles. The number of aromatic nitrogens is 1. The SMILES string of the molecule is Clc1ccncc1OC[C@@H]1CCN1. The van der Waals surface area contributed by atoms with Crippen LogP contribution in [0.5, 0.6) is 5.75 Å². The van der Waals surface area contributed by atoms with Crippen LogP contribution >= 0.6 is 11.6 Å². The number of nitrogens with zero attached hydrogens (tertiary/aromatic N) is 1. The maximum atomic E-state index is 5.88. The summed E-state index contributed by atoms with van der Waals surface area (Å²) in [7, 11) is 0. The van der Waals surface area contributed by atoms with Crippen molar-refractivity contribution < 1.29 is 4.74 Å². The molecule has 1 N–H and O–H groups in total. The van der Waals surface area contributed by atoms with Gasteiger partial charge in [-0.2, -0.15) is 0 Å². The lowest BCUT2D eigenvalue weighted by Crippen LogP contribution is -2.46. The molecule has 1 aromatic rings. The molecule has 1 aliphatic rings. The topological polar surface area (TPSA) is 34.1 Å². The van der Waals surface area contributed by atoms with Crippen LogP contribution < -0.4 is 10.1 Å². The van der Waals surface area contributed by atoms with Crippen LogP contribution in [0, 0.1) is 0 Å². The number of halogens is 1. The molecule has 1 fully saturated rings. The monoisotopic (exact) mass is 198 g/mol. The van der Waals surface area contributed by atoms with Gasteiger partial charge in [0.15, 0.2) is 5.75 Å². The molecule has 0 bridgehead atoms. The van der Waals surface area contributed by atoms with Crippen LogP contribution in [0.25, 0.3) is 0 Å². The van der Waals surface area contributed by atoms with Crippen molar-refractivity contribution in [2.75, 3.05) is 13.2 Å². The van der Waals surface area contributed by atoms with E-state index >= 15 is 0 Å². The Balaban J connectivity index is 1.89. The second kappa shape index (κ2) is 3.94. The summed E-state index contributed by atoms with van der Waals surface area (Å²) in [6.45, 7) is 1.76. The summed E-state index contributed by atoms with van der Waals surface area (Å²) in [4.78, 5) is 3.94. The molecule has 0 aliphatic carbocycles. The Bertz CT molecular complexity index is 289. The number of rotatable bonds is 3. The Morgan fingerprint density at radius 3 is 3.15 bits per heavy atom. The first-order chi connectivity index (χ1) is 6.36. The minimum absolute atomic E-state index is 0.483. The van der Waals surface area contributed by atoms with E-state index in [1.807, 2.05) is 0 Å². The Morgan fingerprint density at radius 1 is 1.69 bits per heavy atom. The largest absolute Gasteiger partial charge is 0.489 e. The van der Waals surface area contributed by atoms with Crippen molar-refractivity contribution in [3.05, 3.63) is 23.5 Å². The lowest BCUT2D eigenvalue weighted by Gasteiger charge is -2.27. The van der Waals surface area contributed by atoms with Crippen molar-refractivity contribution in [3.8, 4) is 5.75 Å². The normalized spacial score (nSPS) is 20.8. The van der Waals surface area contributed by atoms with E-state index in [1.165, 1.54) is 6.42 Å². The van der Waals surface area contributed by atoms with Gasteiger partial charge in [0.25, 0.3) is 0 Å². The molecular weight excluding hydrogens is 188 g/mol. The number of hydrogen-bond donors (Lipinski definition) is 1. The van der Waals surface area contributed by atoms with Crippen molar-refractivity contribution in [3.63, 3.8) is 0 Å². The highest BCUT2D eigenvalue weighted by atomic mass is 35.5. The molecule has 0 unspecified atom stereocenters. The third-order valence-electron chi connectivity index (χ3n) is 2.10. The molecule has 2 heterocycles. The van der Waals surface area contributed by atoms with Crippen molar-refractivity contribution in [2.45, 2.75) is 12.5 Å². The van der Waals surface area contributed by atoms with Crippen LogP contribution in [0.1, 0.15) is 6.42 Å². The zero-order chi connectivity index (χ0) is 9.10. The van der Waals surface area contributed by atoms with Gasteiger partial charge in [0, 0.05) is 12.2 Å². The van der Waals surface area contributed by atoms with Crippen LogP contribution in [-0.2, 0) is 0 Å². The van der Waals surface area contributed by atoms with Crippen LogP contribution in [0.4, 0.5) is 0 Å². The van der Waals surface area contributed by atoms with E-state index in [4.69, 9.17) is 16.3 Å². The smallest absolute Gasteiger partial charge is 0.156 e. The maximum absolute atomic E-state index is 5.88. The molecule has 0 amide bonds. The Hall–Kier alpha value is -0.800. The van der Waals surface area contributed by atoms with E-state index in [0.29, 0.717) is 23.4 Å². The van der Waals surface area contributed by atoms with E-state index in [0.717, 1.165) is 6.54 Å². The first-order valence-corrected chi connectivity index (χ1v) is 4.70. The summed E-state index contributed by atoms with van der Waals surface area (Å²) in [6.07, 6.45) is 4.47.